The first kappa shape index (κ1) is 12.6. The van der Waals surface area contributed by atoms with Gasteiger partial charge in [0.25, 0.3) is 0 Å². The van der Waals surface area contributed by atoms with E-state index in [2.05, 4.69) is 31.0 Å². The number of aryl methyl sites for hydroxylation is 1. The summed E-state index contributed by atoms with van der Waals surface area (Å²) in [6.07, 6.45) is 4.53. The van der Waals surface area contributed by atoms with Gasteiger partial charge in [-0.25, -0.2) is 0 Å². The van der Waals surface area contributed by atoms with Crippen LogP contribution < -0.4 is 0 Å². The number of aromatic nitrogens is 1. The smallest absolute Gasteiger partial charge is 0.165 e. The lowest BCUT2D eigenvalue weighted by Crippen LogP contribution is -2.28. The third-order valence-corrected chi connectivity index (χ3v) is 4.73. The van der Waals surface area contributed by atoms with E-state index in [0.29, 0.717) is 6.42 Å². The highest BCUT2D eigenvalue weighted by Crippen LogP contribution is 2.43. The predicted octanol–water partition coefficient (Wildman–Crippen LogP) is 3.95. The minimum atomic E-state index is -0.162. The molecule has 0 saturated heterocycles. The van der Waals surface area contributed by atoms with Crippen molar-refractivity contribution < 1.29 is 4.79 Å². The highest BCUT2D eigenvalue weighted by molar-refractivity contribution is 6.18. The number of aromatic amines is 1. The van der Waals surface area contributed by atoms with Gasteiger partial charge in [0, 0.05) is 34.9 Å². The number of hydrogen-bond acceptors (Lipinski definition) is 2. The number of rotatable bonds is 1. The third kappa shape index (κ3) is 1.67. The summed E-state index contributed by atoms with van der Waals surface area (Å²) in [5.74, 6) is 0.252. The van der Waals surface area contributed by atoms with Crippen LogP contribution in [0.5, 0.6) is 0 Å². The lowest BCUT2D eigenvalue weighted by atomic mass is 9.77. The minimum Gasteiger partial charge on any atom is -0.364 e. The largest absolute Gasteiger partial charge is 0.364 e. The van der Waals surface area contributed by atoms with Crippen LogP contribution in [0.15, 0.2) is 35.5 Å². The van der Waals surface area contributed by atoms with Gasteiger partial charge in [0.1, 0.15) is 0 Å². The molecule has 2 aromatic rings. The zero-order chi connectivity index (χ0) is 14.6. The number of para-hydroxylation sites is 1. The monoisotopic (exact) mass is 278 g/mol. The van der Waals surface area contributed by atoms with Crippen LogP contribution in [0.4, 0.5) is 5.69 Å². The quantitative estimate of drug-likeness (QED) is 0.843. The SMILES string of the molecule is CC1(C)C(c2c[nH]c3c2C(=O)CCC3)=Nc2ccccc21. The molecule has 0 saturated carbocycles. The molecular weight excluding hydrogens is 260 g/mol. The summed E-state index contributed by atoms with van der Waals surface area (Å²) >= 11 is 0. The molecule has 3 heteroatoms. The van der Waals surface area contributed by atoms with Crippen LogP contribution >= 0.6 is 0 Å². The Labute approximate surface area is 124 Å². The number of nitrogens with one attached hydrogen (secondary N) is 1. The van der Waals surface area contributed by atoms with Gasteiger partial charge in [-0.05, 0) is 24.5 Å². The van der Waals surface area contributed by atoms with E-state index in [1.807, 2.05) is 18.3 Å². The number of ketones is 1. The summed E-state index contributed by atoms with van der Waals surface area (Å²) in [4.78, 5) is 20.5. The van der Waals surface area contributed by atoms with Crippen LogP contribution in [0.1, 0.15) is 53.9 Å². The number of Topliss-reactive ketones (excluding diaryl/α,β-unsaturated/α-hetero) is 1. The van der Waals surface area contributed by atoms with Crippen LogP contribution in [0.3, 0.4) is 0 Å². The van der Waals surface area contributed by atoms with Gasteiger partial charge in [-0.15, -0.1) is 0 Å². The van der Waals surface area contributed by atoms with Crippen molar-refractivity contribution in [3.8, 4) is 0 Å². The molecule has 0 unspecified atom stereocenters. The minimum absolute atomic E-state index is 0.162. The second-order valence-electron chi connectivity index (χ2n) is 6.44. The summed E-state index contributed by atoms with van der Waals surface area (Å²) in [6.45, 7) is 4.37. The summed E-state index contributed by atoms with van der Waals surface area (Å²) in [6, 6.07) is 8.24. The number of carbonyl (C=O) groups excluding carboxylic acids is 1. The number of nitrogens with zero attached hydrogens (tertiary/aromatic N) is 1. The van der Waals surface area contributed by atoms with E-state index in [4.69, 9.17) is 4.99 Å². The zero-order valence-electron chi connectivity index (χ0n) is 12.4. The Morgan fingerprint density at radius 3 is 2.81 bits per heavy atom. The second-order valence-corrected chi connectivity index (χ2v) is 6.44. The molecule has 4 rings (SSSR count). The van der Waals surface area contributed by atoms with Crippen molar-refractivity contribution in [1.82, 2.24) is 4.98 Å². The van der Waals surface area contributed by atoms with Gasteiger partial charge >= 0.3 is 0 Å². The lowest BCUT2D eigenvalue weighted by Gasteiger charge is -2.23. The van der Waals surface area contributed by atoms with Crippen molar-refractivity contribution >= 4 is 17.2 Å². The van der Waals surface area contributed by atoms with Crippen LogP contribution in [0.2, 0.25) is 0 Å². The Morgan fingerprint density at radius 1 is 1.19 bits per heavy atom. The number of hydrogen-bond donors (Lipinski definition) is 1. The number of benzene rings is 1. The van der Waals surface area contributed by atoms with Gasteiger partial charge in [0.05, 0.1) is 11.4 Å². The molecule has 1 N–H and O–H groups in total. The molecule has 0 fully saturated rings. The lowest BCUT2D eigenvalue weighted by molar-refractivity contribution is 0.0972. The van der Waals surface area contributed by atoms with E-state index in [0.717, 1.165) is 41.1 Å². The normalized spacial score (nSPS) is 19.1. The molecule has 1 aliphatic heterocycles. The highest BCUT2D eigenvalue weighted by atomic mass is 16.1. The summed E-state index contributed by atoms with van der Waals surface area (Å²) in [7, 11) is 0. The van der Waals surface area contributed by atoms with E-state index in [9.17, 15) is 4.79 Å². The molecular formula is C18H18N2O. The van der Waals surface area contributed by atoms with Gasteiger partial charge < -0.3 is 4.98 Å². The molecule has 1 aromatic heterocycles. The molecule has 1 aromatic carbocycles. The van der Waals surface area contributed by atoms with Crippen LogP contribution in [0, 0.1) is 0 Å². The molecule has 0 bridgehead atoms. The van der Waals surface area contributed by atoms with E-state index < -0.39 is 0 Å². The maximum absolute atomic E-state index is 12.3. The molecule has 2 aliphatic rings. The molecule has 21 heavy (non-hydrogen) atoms. The topological polar surface area (TPSA) is 45.2 Å². The molecule has 2 heterocycles. The Kier molecular flexibility index (Phi) is 2.49. The molecule has 1 aliphatic carbocycles. The maximum atomic E-state index is 12.3. The number of H-pyrrole nitrogens is 1. The second kappa shape index (κ2) is 4.17. The number of carbonyl (C=O) groups is 1. The van der Waals surface area contributed by atoms with Crippen molar-refractivity contribution in [2.24, 2.45) is 4.99 Å². The Bertz CT molecular complexity index is 780. The molecule has 0 atom stereocenters. The van der Waals surface area contributed by atoms with Gasteiger partial charge in [-0.3, -0.25) is 9.79 Å². The van der Waals surface area contributed by atoms with Gasteiger partial charge in [-0.2, -0.15) is 0 Å². The molecule has 0 amide bonds. The van der Waals surface area contributed by atoms with E-state index in [1.165, 1.54) is 5.56 Å². The summed E-state index contributed by atoms with van der Waals surface area (Å²) in [5.41, 5.74) is 6.06. The van der Waals surface area contributed by atoms with Gasteiger partial charge in [0.2, 0.25) is 0 Å². The maximum Gasteiger partial charge on any atom is 0.165 e. The van der Waals surface area contributed by atoms with Crippen molar-refractivity contribution in [2.45, 2.75) is 38.5 Å². The average Bonchev–Trinajstić information content (AvgIpc) is 3.00. The average molecular weight is 278 g/mol. The van der Waals surface area contributed by atoms with E-state index >= 15 is 0 Å². The zero-order valence-corrected chi connectivity index (χ0v) is 12.4. The fraction of sp³-hybridized carbons (Fsp3) is 0.333. The molecule has 0 spiro atoms. The van der Waals surface area contributed by atoms with Gasteiger partial charge in [-0.1, -0.05) is 32.0 Å². The van der Waals surface area contributed by atoms with Crippen LogP contribution in [0.25, 0.3) is 0 Å². The Balaban J connectivity index is 1.90. The van der Waals surface area contributed by atoms with Crippen molar-refractivity contribution in [3.05, 3.63) is 52.8 Å². The van der Waals surface area contributed by atoms with Crippen LogP contribution in [-0.4, -0.2) is 16.5 Å². The van der Waals surface area contributed by atoms with E-state index in [1.54, 1.807) is 0 Å². The predicted molar refractivity (Wildman–Crippen MR) is 83.7 cm³/mol. The van der Waals surface area contributed by atoms with Crippen molar-refractivity contribution in [2.75, 3.05) is 0 Å². The van der Waals surface area contributed by atoms with Crippen LogP contribution in [-0.2, 0) is 11.8 Å². The molecule has 106 valence electrons. The summed E-state index contributed by atoms with van der Waals surface area (Å²) in [5, 5.41) is 0. The first-order valence-corrected chi connectivity index (χ1v) is 7.51. The Morgan fingerprint density at radius 2 is 2.00 bits per heavy atom. The summed E-state index contributed by atoms with van der Waals surface area (Å²) < 4.78 is 0. The van der Waals surface area contributed by atoms with E-state index in [-0.39, 0.29) is 11.2 Å². The van der Waals surface area contributed by atoms with Crippen molar-refractivity contribution in [1.29, 1.82) is 0 Å². The number of aliphatic imine (C=N–C) groups is 1. The first-order valence-electron chi connectivity index (χ1n) is 7.51. The van der Waals surface area contributed by atoms with Gasteiger partial charge in [0.15, 0.2) is 5.78 Å². The fourth-order valence-corrected chi connectivity index (χ4v) is 3.60. The fourth-order valence-electron chi connectivity index (χ4n) is 3.60. The Hall–Kier alpha value is -2.16. The number of fused-ring (bicyclic) bond motifs is 2. The first-order chi connectivity index (χ1) is 10.1. The highest BCUT2D eigenvalue weighted by Gasteiger charge is 2.38. The molecule has 3 nitrogen and oxygen atoms in total. The third-order valence-electron chi connectivity index (χ3n) is 4.73. The standard InChI is InChI=1S/C18H18N2O/c1-18(2)12-6-3-4-7-13(12)20-17(18)11-10-19-14-8-5-9-15(21)16(11)14/h3-4,6-7,10,19H,5,8-9H2,1-2H3. The molecule has 0 radical (unpaired) electrons. The van der Waals surface area contributed by atoms with Crippen molar-refractivity contribution in [3.63, 3.8) is 0 Å².